The molecule has 0 heterocycles. The summed E-state index contributed by atoms with van der Waals surface area (Å²) >= 11 is 5.75. The third kappa shape index (κ3) is 2.63. The van der Waals surface area contributed by atoms with Crippen LogP contribution in [0.1, 0.15) is 12.8 Å². The summed E-state index contributed by atoms with van der Waals surface area (Å²) in [6.45, 7) is 0.603. The fourth-order valence-electron chi connectivity index (χ4n) is 1.38. The Kier molecular flexibility index (Phi) is 2.94. The van der Waals surface area contributed by atoms with Gasteiger partial charge in [0.1, 0.15) is 12.4 Å². The van der Waals surface area contributed by atoms with E-state index in [1.165, 1.54) is 12.8 Å². The highest BCUT2D eigenvalue weighted by Crippen LogP contribution is 2.31. The minimum absolute atomic E-state index is 0.186. The summed E-state index contributed by atoms with van der Waals surface area (Å²) in [6, 6.07) is 7.55. The van der Waals surface area contributed by atoms with Gasteiger partial charge < -0.3 is 10.5 Å². The van der Waals surface area contributed by atoms with Crippen molar-refractivity contribution >= 4 is 11.6 Å². The van der Waals surface area contributed by atoms with Crippen LogP contribution in [0.4, 0.5) is 0 Å². The number of benzene rings is 1. The molecule has 0 aliphatic heterocycles. The Hall–Kier alpha value is -0.730. The number of hydrogen-bond donors (Lipinski definition) is 1. The van der Waals surface area contributed by atoms with Crippen LogP contribution in [0.3, 0.4) is 0 Å². The van der Waals surface area contributed by atoms with Crippen molar-refractivity contribution in [2.75, 3.05) is 6.61 Å². The average molecular weight is 212 g/mol. The maximum atomic E-state index is 5.91. The van der Waals surface area contributed by atoms with E-state index in [-0.39, 0.29) is 6.04 Å². The van der Waals surface area contributed by atoms with E-state index in [0.29, 0.717) is 12.5 Å². The molecule has 1 aromatic carbocycles. The Morgan fingerprint density at radius 1 is 1.36 bits per heavy atom. The Morgan fingerprint density at radius 2 is 2.00 bits per heavy atom. The standard InChI is InChI=1S/C11H14ClNO/c12-9-3-5-10(6-4-9)14-7-11(13)8-1-2-8/h3-6,8,11H,1-2,7,13H2/t11-/m1/s1. The summed E-state index contributed by atoms with van der Waals surface area (Å²) in [7, 11) is 0. The van der Waals surface area contributed by atoms with Crippen molar-refractivity contribution in [3.8, 4) is 5.75 Å². The van der Waals surface area contributed by atoms with Crippen molar-refractivity contribution in [1.82, 2.24) is 0 Å². The number of ether oxygens (including phenoxy) is 1. The second-order valence-corrected chi connectivity index (χ2v) is 4.20. The van der Waals surface area contributed by atoms with Crippen molar-refractivity contribution in [3.63, 3.8) is 0 Å². The SMILES string of the molecule is N[C@H](COc1ccc(Cl)cc1)C1CC1. The summed E-state index contributed by atoms with van der Waals surface area (Å²) in [6.07, 6.45) is 2.51. The molecule has 1 fully saturated rings. The molecule has 1 atom stereocenters. The lowest BCUT2D eigenvalue weighted by molar-refractivity contribution is 0.276. The van der Waals surface area contributed by atoms with Crippen LogP contribution in [-0.2, 0) is 0 Å². The quantitative estimate of drug-likeness (QED) is 0.831. The molecule has 14 heavy (non-hydrogen) atoms. The minimum Gasteiger partial charge on any atom is -0.492 e. The first kappa shape index (κ1) is 9.81. The largest absolute Gasteiger partial charge is 0.492 e. The smallest absolute Gasteiger partial charge is 0.119 e. The molecule has 0 saturated heterocycles. The molecule has 1 aliphatic rings. The lowest BCUT2D eigenvalue weighted by atomic mass is 10.2. The van der Waals surface area contributed by atoms with Crippen molar-refractivity contribution in [2.45, 2.75) is 18.9 Å². The molecule has 3 heteroatoms. The van der Waals surface area contributed by atoms with Gasteiger partial charge in [0.15, 0.2) is 0 Å². The number of hydrogen-bond acceptors (Lipinski definition) is 2. The van der Waals surface area contributed by atoms with Crippen molar-refractivity contribution in [1.29, 1.82) is 0 Å². The van der Waals surface area contributed by atoms with E-state index in [0.717, 1.165) is 10.8 Å². The summed E-state index contributed by atoms with van der Waals surface area (Å²) in [5.74, 6) is 1.52. The second kappa shape index (κ2) is 4.20. The minimum atomic E-state index is 0.186. The predicted octanol–water partition coefficient (Wildman–Crippen LogP) is 2.46. The molecule has 0 bridgehead atoms. The zero-order chi connectivity index (χ0) is 9.97. The van der Waals surface area contributed by atoms with E-state index in [1.807, 2.05) is 24.3 Å². The van der Waals surface area contributed by atoms with Crippen LogP contribution in [0.25, 0.3) is 0 Å². The second-order valence-electron chi connectivity index (χ2n) is 3.77. The van der Waals surface area contributed by atoms with Gasteiger partial charge in [-0.2, -0.15) is 0 Å². The molecule has 0 aromatic heterocycles. The van der Waals surface area contributed by atoms with Crippen LogP contribution in [0.15, 0.2) is 24.3 Å². The topological polar surface area (TPSA) is 35.2 Å². The van der Waals surface area contributed by atoms with E-state index in [9.17, 15) is 0 Å². The summed E-state index contributed by atoms with van der Waals surface area (Å²) in [4.78, 5) is 0. The predicted molar refractivity (Wildman–Crippen MR) is 57.6 cm³/mol. The first-order valence-electron chi connectivity index (χ1n) is 4.89. The van der Waals surface area contributed by atoms with Crippen molar-refractivity contribution in [3.05, 3.63) is 29.3 Å². The van der Waals surface area contributed by atoms with Crippen LogP contribution < -0.4 is 10.5 Å². The van der Waals surface area contributed by atoms with Gasteiger partial charge in [0.05, 0.1) is 0 Å². The highest BCUT2D eigenvalue weighted by molar-refractivity contribution is 6.30. The Labute approximate surface area is 89.0 Å². The number of halogens is 1. The molecule has 1 aromatic rings. The Morgan fingerprint density at radius 3 is 2.57 bits per heavy atom. The number of rotatable bonds is 4. The van der Waals surface area contributed by atoms with E-state index >= 15 is 0 Å². The lowest BCUT2D eigenvalue weighted by Gasteiger charge is -2.11. The van der Waals surface area contributed by atoms with Crippen LogP contribution in [-0.4, -0.2) is 12.6 Å². The zero-order valence-electron chi connectivity index (χ0n) is 7.95. The lowest BCUT2D eigenvalue weighted by Crippen LogP contribution is -2.29. The van der Waals surface area contributed by atoms with Crippen molar-refractivity contribution in [2.24, 2.45) is 11.7 Å². The Balaban J connectivity index is 1.82. The fraction of sp³-hybridized carbons (Fsp3) is 0.455. The molecule has 2 N–H and O–H groups in total. The van der Waals surface area contributed by atoms with Crippen LogP contribution in [0, 0.1) is 5.92 Å². The molecule has 76 valence electrons. The van der Waals surface area contributed by atoms with Gasteiger partial charge in [0.2, 0.25) is 0 Å². The van der Waals surface area contributed by atoms with Gasteiger partial charge in [0.25, 0.3) is 0 Å². The van der Waals surface area contributed by atoms with Crippen LogP contribution in [0.5, 0.6) is 5.75 Å². The highest BCUT2D eigenvalue weighted by atomic mass is 35.5. The normalized spacial score (nSPS) is 17.9. The molecule has 1 aliphatic carbocycles. The van der Waals surface area contributed by atoms with Gasteiger partial charge >= 0.3 is 0 Å². The molecule has 0 spiro atoms. The third-order valence-corrected chi connectivity index (χ3v) is 2.74. The molecule has 2 nitrogen and oxygen atoms in total. The molecule has 0 radical (unpaired) electrons. The average Bonchev–Trinajstić information content (AvgIpc) is 3.00. The van der Waals surface area contributed by atoms with Gasteiger partial charge in [-0.3, -0.25) is 0 Å². The maximum Gasteiger partial charge on any atom is 0.119 e. The molecular formula is C11H14ClNO. The Bertz CT molecular complexity index is 295. The van der Waals surface area contributed by atoms with Crippen LogP contribution >= 0.6 is 11.6 Å². The van der Waals surface area contributed by atoms with E-state index in [4.69, 9.17) is 22.1 Å². The maximum absolute atomic E-state index is 5.91. The van der Waals surface area contributed by atoms with Crippen LogP contribution in [0.2, 0.25) is 5.02 Å². The van der Waals surface area contributed by atoms with Gasteiger partial charge in [-0.25, -0.2) is 0 Å². The molecule has 0 amide bonds. The molecule has 2 rings (SSSR count). The zero-order valence-corrected chi connectivity index (χ0v) is 8.70. The van der Waals surface area contributed by atoms with Gasteiger partial charge in [0, 0.05) is 11.1 Å². The monoisotopic (exact) mass is 211 g/mol. The van der Waals surface area contributed by atoms with E-state index in [2.05, 4.69) is 0 Å². The molecule has 0 unspecified atom stereocenters. The van der Waals surface area contributed by atoms with E-state index < -0.39 is 0 Å². The first-order valence-corrected chi connectivity index (χ1v) is 5.27. The fourth-order valence-corrected chi connectivity index (χ4v) is 1.51. The van der Waals surface area contributed by atoms with Gasteiger partial charge in [-0.15, -0.1) is 0 Å². The third-order valence-electron chi connectivity index (χ3n) is 2.48. The molecular weight excluding hydrogens is 198 g/mol. The summed E-state index contributed by atoms with van der Waals surface area (Å²) in [5.41, 5.74) is 5.91. The highest BCUT2D eigenvalue weighted by Gasteiger charge is 2.28. The first-order chi connectivity index (χ1) is 6.75. The molecule has 1 saturated carbocycles. The van der Waals surface area contributed by atoms with Gasteiger partial charge in [-0.05, 0) is 43.0 Å². The van der Waals surface area contributed by atoms with Gasteiger partial charge in [-0.1, -0.05) is 11.6 Å². The van der Waals surface area contributed by atoms with E-state index in [1.54, 1.807) is 0 Å². The number of nitrogens with two attached hydrogens (primary N) is 1. The summed E-state index contributed by atoms with van der Waals surface area (Å²) < 4.78 is 5.54. The van der Waals surface area contributed by atoms with Crippen molar-refractivity contribution < 1.29 is 4.74 Å². The summed E-state index contributed by atoms with van der Waals surface area (Å²) in [5, 5.41) is 0.726.